The summed E-state index contributed by atoms with van der Waals surface area (Å²) < 4.78 is 0. The van der Waals surface area contributed by atoms with Crippen molar-refractivity contribution in [2.24, 2.45) is 10.9 Å². The lowest BCUT2D eigenvalue weighted by atomic mass is 9.99. The van der Waals surface area contributed by atoms with Crippen molar-refractivity contribution < 1.29 is 5.21 Å². The third kappa shape index (κ3) is 2.67. The number of oxime groups is 1. The van der Waals surface area contributed by atoms with E-state index in [0.29, 0.717) is 5.69 Å². The minimum absolute atomic E-state index is 0.0203. The topological polar surface area (TPSA) is 74.7 Å². The smallest absolute Gasteiger partial charge is 0.190 e. The predicted octanol–water partition coefficient (Wildman–Crippen LogP) is 1.80. The van der Waals surface area contributed by atoms with Gasteiger partial charge < -0.3 is 15.8 Å². The molecule has 0 radical (unpaired) electrons. The van der Waals surface area contributed by atoms with E-state index in [1.165, 1.54) is 0 Å². The van der Waals surface area contributed by atoms with Crippen molar-refractivity contribution in [1.82, 2.24) is 4.98 Å². The molecule has 0 unspecified atom stereocenters. The number of hydrogen-bond acceptors (Lipinski definition) is 4. The lowest BCUT2D eigenvalue weighted by Crippen LogP contribution is -2.41. The highest BCUT2D eigenvalue weighted by Crippen LogP contribution is 2.26. The second-order valence-electron chi connectivity index (χ2n) is 4.58. The van der Waals surface area contributed by atoms with Crippen LogP contribution in [0.2, 0.25) is 0 Å². The van der Waals surface area contributed by atoms with Crippen molar-refractivity contribution in [2.75, 3.05) is 11.9 Å². The first kappa shape index (κ1) is 13.3. The molecule has 0 atom stereocenters. The largest absolute Gasteiger partial charge is 0.409 e. The first-order chi connectivity index (χ1) is 7.94. The Hall–Kier alpha value is -1.78. The van der Waals surface area contributed by atoms with Gasteiger partial charge in [-0.15, -0.1) is 0 Å². The third-order valence-electron chi connectivity index (χ3n) is 3.27. The zero-order valence-electron chi connectivity index (χ0n) is 10.8. The van der Waals surface area contributed by atoms with Crippen LogP contribution in [0.1, 0.15) is 32.9 Å². The fourth-order valence-electron chi connectivity index (χ4n) is 1.48. The summed E-state index contributed by atoms with van der Waals surface area (Å²) in [5.74, 6) is 0.0272. The van der Waals surface area contributed by atoms with E-state index in [0.717, 1.165) is 12.1 Å². The second kappa shape index (κ2) is 5.03. The molecule has 0 bridgehead atoms. The van der Waals surface area contributed by atoms with Gasteiger partial charge in [0.15, 0.2) is 5.84 Å². The van der Waals surface area contributed by atoms with Crippen LogP contribution in [0.4, 0.5) is 5.69 Å². The normalized spacial score (nSPS) is 12.6. The molecule has 0 saturated heterocycles. The van der Waals surface area contributed by atoms with Crippen molar-refractivity contribution in [3.63, 3.8) is 0 Å². The average Bonchev–Trinajstić information content (AvgIpc) is 2.36. The van der Waals surface area contributed by atoms with E-state index in [1.54, 1.807) is 6.20 Å². The fourth-order valence-corrected chi connectivity index (χ4v) is 1.48. The molecule has 3 N–H and O–H groups in total. The molecular formula is C12H20N4O. The third-order valence-corrected chi connectivity index (χ3v) is 3.27. The first-order valence-electron chi connectivity index (χ1n) is 5.60. The molecule has 0 aliphatic heterocycles. The van der Waals surface area contributed by atoms with Gasteiger partial charge >= 0.3 is 0 Å². The van der Waals surface area contributed by atoms with Crippen LogP contribution in [0, 0.1) is 0 Å². The van der Waals surface area contributed by atoms with Gasteiger partial charge in [-0.25, -0.2) is 0 Å². The molecule has 1 rings (SSSR count). The molecule has 0 amide bonds. The van der Waals surface area contributed by atoms with Crippen LogP contribution < -0.4 is 10.6 Å². The maximum atomic E-state index is 8.76. The van der Waals surface area contributed by atoms with E-state index in [2.05, 4.69) is 35.8 Å². The number of hydrogen-bond donors (Lipinski definition) is 2. The quantitative estimate of drug-likeness (QED) is 0.362. The first-order valence-corrected chi connectivity index (χ1v) is 5.60. The van der Waals surface area contributed by atoms with Crippen LogP contribution in [-0.2, 0) is 0 Å². The van der Waals surface area contributed by atoms with Crippen LogP contribution in [0.5, 0.6) is 0 Å². The number of pyridine rings is 1. The molecule has 94 valence electrons. The minimum atomic E-state index is -0.0203. The molecular weight excluding hydrogens is 216 g/mol. The van der Waals surface area contributed by atoms with Crippen LogP contribution in [0.3, 0.4) is 0 Å². The summed E-state index contributed by atoms with van der Waals surface area (Å²) in [6.07, 6.45) is 2.61. The summed E-state index contributed by atoms with van der Waals surface area (Å²) in [6, 6.07) is 3.75. The Morgan fingerprint density at radius 3 is 2.76 bits per heavy atom. The molecule has 0 aliphatic carbocycles. The summed E-state index contributed by atoms with van der Waals surface area (Å²) in [4.78, 5) is 6.25. The van der Waals surface area contributed by atoms with Gasteiger partial charge in [-0.2, -0.15) is 0 Å². The molecule has 0 spiro atoms. The average molecular weight is 236 g/mol. The summed E-state index contributed by atoms with van der Waals surface area (Å²) in [7, 11) is 1.98. The van der Waals surface area contributed by atoms with Crippen molar-refractivity contribution in [3.8, 4) is 0 Å². The second-order valence-corrected chi connectivity index (χ2v) is 4.58. The predicted molar refractivity (Wildman–Crippen MR) is 69.5 cm³/mol. The Morgan fingerprint density at radius 2 is 2.24 bits per heavy atom. The molecule has 0 aromatic carbocycles. The zero-order chi connectivity index (χ0) is 13.1. The fraction of sp³-hybridized carbons (Fsp3) is 0.500. The number of nitrogens with two attached hydrogens (primary N) is 1. The molecule has 0 aliphatic rings. The molecule has 0 saturated carbocycles. The zero-order valence-corrected chi connectivity index (χ0v) is 10.8. The highest BCUT2D eigenvalue weighted by Gasteiger charge is 2.24. The van der Waals surface area contributed by atoms with Gasteiger partial charge in [-0.05, 0) is 32.4 Å². The minimum Gasteiger partial charge on any atom is -0.409 e. The number of anilines is 1. The van der Waals surface area contributed by atoms with Gasteiger partial charge in [0.05, 0.1) is 5.69 Å². The SMILES string of the molecule is CCC(C)(C)N(C)c1cccnc1/C(N)=N/O. The van der Waals surface area contributed by atoms with Crippen molar-refractivity contribution in [1.29, 1.82) is 0 Å². The van der Waals surface area contributed by atoms with Gasteiger partial charge in [0.1, 0.15) is 5.69 Å². The molecule has 5 nitrogen and oxygen atoms in total. The van der Waals surface area contributed by atoms with Gasteiger partial charge in [-0.1, -0.05) is 12.1 Å². The van der Waals surface area contributed by atoms with Gasteiger partial charge in [0, 0.05) is 18.8 Å². The maximum Gasteiger partial charge on any atom is 0.190 e. The molecule has 17 heavy (non-hydrogen) atoms. The Balaban J connectivity index is 3.23. The van der Waals surface area contributed by atoms with E-state index < -0.39 is 0 Å². The highest BCUT2D eigenvalue weighted by atomic mass is 16.4. The van der Waals surface area contributed by atoms with Crippen LogP contribution in [0.15, 0.2) is 23.5 Å². The summed E-state index contributed by atoms with van der Waals surface area (Å²) >= 11 is 0. The molecule has 5 heteroatoms. The summed E-state index contributed by atoms with van der Waals surface area (Å²) in [6.45, 7) is 6.39. The summed E-state index contributed by atoms with van der Waals surface area (Å²) in [5, 5.41) is 11.8. The standard InChI is InChI=1S/C12H20N4O/c1-5-12(2,3)16(4)9-7-6-8-14-10(9)11(13)15-17/h6-8,17H,5H2,1-4H3,(H2,13,15). The number of aromatic nitrogens is 1. The number of amidine groups is 1. The summed E-state index contributed by atoms with van der Waals surface area (Å²) in [5.41, 5.74) is 6.96. The van der Waals surface area contributed by atoms with Crippen LogP contribution in [0.25, 0.3) is 0 Å². The van der Waals surface area contributed by atoms with E-state index >= 15 is 0 Å². The number of rotatable bonds is 4. The monoisotopic (exact) mass is 236 g/mol. The lowest BCUT2D eigenvalue weighted by molar-refractivity contribution is 0.318. The van der Waals surface area contributed by atoms with Gasteiger partial charge in [0.2, 0.25) is 0 Å². The lowest BCUT2D eigenvalue weighted by Gasteiger charge is -2.37. The van der Waals surface area contributed by atoms with E-state index in [-0.39, 0.29) is 11.4 Å². The van der Waals surface area contributed by atoms with E-state index in [9.17, 15) is 0 Å². The van der Waals surface area contributed by atoms with Gasteiger partial charge in [-0.3, -0.25) is 4.98 Å². The molecule has 1 aromatic rings. The Bertz CT molecular complexity index is 415. The van der Waals surface area contributed by atoms with Crippen LogP contribution in [-0.4, -0.2) is 28.6 Å². The highest BCUT2D eigenvalue weighted by molar-refractivity contribution is 6.00. The van der Waals surface area contributed by atoms with Crippen molar-refractivity contribution >= 4 is 11.5 Å². The van der Waals surface area contributed by atoms with Crippen LogP contribution >= 0.6 is 0 Å². The maximum absolute atomic E-state index is 8.76. The Kier molecular flexibility index (Phi) is 3.93. The Labute approximate surface area is 102 Å². The van der Waals surface area contributed by atoms with E-state index in [1.807, 2.05) is 19.2 Å². The van der Waals surface area contributed by atoms with Gasteiger partial charge in [0.25, 0.3) is 0 Å². The number of nitrogens with zero attached hydrogens (tertiary/aromatic N) is 3. The molecule has 1 aromatic heterocycles. The van der Waals surface area contributed by atoms with Crippen molar-refractivity contribution in [3.05, 3.63) is 24.0 Å². The molecule has 1 heterocycles. The molecule has 0 fully saturated rings. The Morgan fingerprint density at radius 1 is 1.59 bits per heavy atom. The van der Waals surface area contributed by atoms with E-state index in [4.69, 9.17) is 10.9 Å². The van der Waals surface area contributed by atoms with Crippen molar-refractivity contribution in [2.45, 2.75) is 32.7 Å².